The number of esters is 1. The molecule has 0 saturated carbocycles. The van der Waals surface area contributed by atoms with Gasteiger partial charge in [0.05, 0.1) is 19.1 Å². The zero-order valence-electron chi connectivity index (χ0n) is 20.0. The minimum atomic E-state index is -0.855. The third-order valence-corrected chi connectivity index (χ3v) is 7.71. The molecule has 2 fully saturated rings. The van der Waals surface area contributed by atoms with Crippen LogP contribution in [0.15, 0.2) is 42.5 Å². The summed E-state index contributed by atoms with van der Waals surface area (Å²) in [7, 11) is 2.87. The molecule has 2 saturated heterocycles. The molecule has 0 spiro atoms. The van der Waals surface area contributed by atoms with E-state index in [1.165, 1.54) is 55.1 Å². The Kier molecular flexibility index (Phi) is 6.81. The maximum Gasteiger partial charge on any atom is 0.330 e. The number of amides is 2. The summed E-state index contributed by atoms with van der Waals surface area (Å²) in [6.45, 7) is 3.58. The van der Waals surface area contributed by atoms with Crippen LogP contribution in [0.25, 0.3) is 0 Å². The van der Waals surface area contributed by atoms with Crippen molar-refractivity contribution in [3.8, 4) is 11.5 Å². The SMILES string of the molecule is COc1cccc(OC)c1C(=O)NC1C(=O)N2[C@@H]1SC(C)(C)[C@@H]2C(=O)OCc1ccc([N+](=O)[O-])cc1. The molecule has 4 rings (SSSR count). The van der Waals surface area contributed by atoms with Crippen molar-refractivity contribution < 1.29 is 33.5 Å². The normalized spacial score (nSPS) is 21.7. The molecule has 2 aliphatic rings. The lowest BCUT2D eigenvalue weighted by Crippen LogP contribution is -2.70. The molecule has 2 aliphatic heterocycles. The molecule has 12 heteroatoms. The monoisotopic (exact) mass is 515 g/mol. The highest BCUT2D eigenvalue weighted by Gasteiger charge is 2.64. The molecule has 36 heavy (non-hydrogen) atoms. The maximum atomic E-state index is 13.1. The number of benzene rings is 2. The molecule has 2 aromatic rings. The van der Waals surface area contributed by atoms with E-state index >= 15 is 0 Å². The van der Waals surface area contributed by atoms with Gasteiger partial charge in [-0.1, -0.05) is 6.07 Å². The molecule has 2 aromatic carbocycles. The van der Waals surface area contributed by atoms with Crippen molar-refractivity contribution in [3.05, 3.63) is 63.7 Å². The standard InChI is InChI=1S/C24H25N3O8S/c1-24(2)19(23(30)35-12-13-8-10-14(11-9-13)27(31)32)26-21(29)18(22(26)36-24)25-20(28)17-15(33-3)6-5-7-16(17)34-4/h5-11,18-19,22H,12H2,1-4H3,(H,25,28)/t18?,19-,22+/m0/s1. The number of nitro benzene ring substituents is 1. The molecule has 3 atom stereocenters. The summed E-state index contributed by atoms with van der Waals surface area (Å²) in [4.78, 5) is 50.9. The Morgan fingerprint density at radius 2 is 1.72 bits per heavy atom. The summed E-state index contributed by atoms with van der Waals surface area (Å²) in [6.07, 6.45) is 0. The van der Waals surface area contributed by atoms with Crippen LogP contribution in [-0.2, 0) is 20.9 Å². The fourth-order valence-corrected chi connectivity index (χ4v) is 5.98. The predicted molar refractivity (Wildman–Crippen MR) is 130 cm³/mol. The molecule has 0 aromatic heterocycles. The first-order chi connectivity index (χ1) is 17.1. The summed E-state index contributed by atoms with van der Waals surface area (Å²) in [5.74, 6) is -0.884. The number of nitro groups is 1. The summed E-state index contributed by atoms with van der Waals surface area (Å²) >= 11 is 1.40. The number of nitrogens with one attached hydrogen (secondary N) is 1. The average molecular weight is 516 g/mol. The van der Waals surface area contributed by atoms with E-state index in [9.17, 15) is 24.5 Å². The topological polar surface area (TPSA) is 137 Å². The molecule has 2 heterocycles. The van der Waals surface area contributed by atoms with Crippen LogP contribution in [0.4, 0.5) is 5.69 Å². The summed E-state index contributed by atoms with van der Waals surface area (Å²) in [5, 5.41) is 13.1. The van der Waals surface area contributed by atoms with Crippen molar-refractivity contribution in [2.45, 2.75) is 42.7 Å². The van der Waals surface area contributed by atoms with Gasteiger partial charge in [0.1, 0.15) is 41.1 Å². The molecule has 190 valence electrons. The Labute approximate surface area is 211 Å². The molecule has 11 nitrogen and oxygen atoms in total. The van der Waals surface area contributed by atoms with Gasteiger partial charge in [-0.2, -0.15) is 0 Å². The number of carbonyl (C=O) groups is 3. The fraction of sp³-hybridized carbons (Fsp3) is 0.375. The van der Waals surface area contributed by atoms with E-state index in [1.807, 2.05) is 13.8 Å². The Morgan fingerprint density at radius 3 is 2.28 bits per heavy atom. The van der Waals surface area contributed by atoms with E-state index in [1.54, 1.807) is 18.2 Å². The van der Waals surface area contributed by atoms with Crippen LogP contribution >= 0.6 is 11.8 Å². The van der Waals surface area contributed by atoms with Crippen molar-refractivity contribution in [2.24, 2.45) is 0 Å². The Morgan fingerprint density at radius 1 is 1.11 bits per heavy atom. The fourth-order valence-electron chi connectivity index (χ4n) is 4.36. The second kappa shape index (κ2) is 9.69. The van der Waals surface area contributed by atoms with Gasteiger partial charge in [0, 0.05) is 16.9 Å². The lowest BCUT2D eigenvalue weighted by molar-refractivity contribution is -0.384. The van der Waals surface area contributed by atoms with Crippen LogP contribution in [-0.4, -0.2) is 64.0 Å². The van der Waals surface area contributed by atoms with Gasteiger partial charge in [-0.05, 0) is 43.7 Å². The second-order valence-corrected chi connectivity index (χ2v) is 10.6. The number of rotatable bonds is 8. The minimum Gasteiger partial charge on any atom is -0.496 e. The number of nitrogens with zero attached hydrogens (tertiary/aromatic N) is 2. The molecule has 1 unspecified atom stereocenters. The highest BCUT2D eigenvalue weighted by molar-refractivity contribution is 8.01. The molecular weight excluding hydrogens is 490 g/mol. The van der Waals surface area contributed by atoms with Crippen molar-refractivity contribution in [1.29, 1.82) is 0 Å². The van der Waals surface area contributed by atoms with Crippen molar-refractivity contribution >= 4 is 35.2 Å². The lowest BCUT2D eigenvalue weighted by Gasteiger charge is -2.44. The molecule has 0 bridgehead atoms. The number of fused-ring (bicyclic) bond motifs is 1. The number of ether oxygens (including phenoxy) is 3. The number of β-lactam (4-membered cyclic amide) rings is 1. The molecule has 2 amide bonds. The molecule has 0 radical (unpaired) electrons. The van der Waals surface area contributed by atoms with Crippen LogP contribution < -0.4 is 14.8 Å². The van der Waals surface area contributed by atoms with E-state index in [0.717, 1.165) is 0 Å². The quantitative estimate of drug-likeness (QED) is 0.243. The summed E-state index contributed by atoms with van der Waals surface area (Å²) in [6, 6.07) is 8.93. The Bertz CT molecular complexity index is 1190. The van der Waals surface area contributed by atoms with Crippen LogP contribution in [0.3, 0.4) is 0 Å². The Hall–Kier alpha value is -3.80. The number of hydrogen-bond donors (Lipinski definition) is 1. The third kappa shape index (κ3) is 4.43. The summed E-state index contributed by atoms with van der Waals surface area (Å²) in [5.41, 5.74) is 0.695. The Balaban J connectivity index is 1.45. The number of non-ortho nitro benzene ring substituents is 1. The van der Waals surface area contributed by atoms with E-state index < -0.39 is 44.9 Å². The highest BCUT2D eigenvalue weighted by atomic mass is 32.2. The molecule has 1 N–H and O–H groups in total. The smallest absolute Gasteiger partial charge is 0.330 e. The van der Waals surface area contributed by atoms with Crippen molar-refractivity contribution in [3.63, 3.8) is 0 Å². The van der Waals surface area contributed by atoms with Gasteiger partial charge in [0.2, 0.25) is 5.91 Å². The maximum absolute atomic E-state index is 13.1. The highest BCUT2D eigenvalue weighted by Crippen LogP contribution is 2.51. The zero-order valence-corrected chi connectivity index (χ0v) is 20.9. The first-order valence-electron chi connectivity index (χ1n) is 11.0. The number of hydrogen-bond acceptors (Lipinski definition) is 9. The molecule has 0 aliphatic carbocycles. The zero-order chi connectivity index (χ0) is 26.2. The van der Waals surface area contributed by atoms with Gasteiger partial charge < -0.3 is 24.4 Å². The predicted octanol–water partition coefficient (Wildman–Crippen LogP) is 2.52. The number of thioether (sulfide) groups is 1. The number of carbonyl (C=O) groups excluding carboxylic acids is 3. The van der Waals surface area contributed by atoms with Crippen LogP contribution in [0.2, 0.25) is 0 Å². The van der Waals surface area contributed by atoms with Crippen molar-refractivity contribution in [1.82, 2.24) is 10.2 Å². The second-order valence-electron chi connectivity index (χ2n) is 8.78. The van der Waals surface area contributed by atoms with E-state index in [0.29, 0.717) is 17.1 Å². The van der Waals surface area contributed by atoms with Gasteiger partial charge in [0.25, 0.3) is 11.6 Å². The van der Waals surface area contributed by atoms with Gasteiger partial charge in [-0.3, -0.25) is 19.7 Å². The van der Waals surface area contributed by atoms with E-state index in [2.05, 4.69) is 5.32 Å². The van der Waals surface area contributed by atoms with Crippen LogP contribution in [0, 0.1) is 10.1 Å². The van der Waals surface area contributed by atoms with E-state index in [-0.39, 0.29) is 17.9 Å². The first-order valence-corrected chi connectivity index (χ1v) is 11.9. The van der Waals surface area contributed by atoms with Crippen LogP contribution in [0.1, 0.15) is 29.8 Å². The van der Waals surface area contributed by atoms with Gasteiger partial charge in [-0.25, -0.2) is 4.79 Å². The largest absolute Gasteiger partial charge is 0.496 e. The van der Waals surface area contributed by atoms with Gasteiger partial charge in [0.15, 0.2) is 0 Å². The first kappa shape index (κ1) is 25.3. The average Bonchev–Trinajstić information content (AvgIpc) is 3.12. The molecular formula is C24H25N3O8S. The third-order valence-electron chi connectivity index (χ3n) is 6.13. The van der Waals surface area contributed by atoms with E-state index in [4.69, 9.17) is 14.2 Å². The van der Waals surface area contributed by atoms with Crippen molar-refractivity contribution in [2.75, 3.05) is 14.2 Å². The van der Waals surface area contributed by atoms with Crippen LogP contribution in [0.5, 0.6) is 11.5 Å². The minimum absolute atomic E-state index is 0.0637. The van der Waals surface area contributed by atoms with Gasteiger partial charge in [-0.15, -0.1) is 11.8 Å². The number of methoxy groups -OCH3 is 2. The summed E-state index contributed by atoms with van der Waals surface area (Å²) < 4.78 is 15.4. The lowest BCUT2D eigenvalue weighted by atomic mass is 9.95. The van der Waals surface area contributed by atoms with Gasteiger partial charge >= 0.3 is 5.97 Å².